The number of hydrogen-bond acceptors (Lipinski definition) is 4. The second-order valence-electron chi connectivity index (χ2n) is 5.91. The molecular weight excluding hydrogens is 238 g/mol. The van der Waals surface area contributed by atoms with Crippen molar-refractivity contribution in [2.45, 2.75) is 45.2 Å². The summed E-state index contributed by atoms with van der Waals surface area (Å²) in [6.45, 7) is 13.4. The molecule has 4 heteroatoms. The molecule has 1 atom stereocenters. The van der Waals surface area contributed by atoms with Crippen LogP contribution in [0.3, 0.4) is 0 Å². The Morgan fingerprint density at radius 3 is 2.58 bits per heavy atom. The zero-order chi connectivity index (χ0) is 13.5. The van der Waals surface area contributed by atoms with E-state index in [-0.39, 0.29) is 0 Å². The average molecular weight is 269 g/mol. The predicted octanol–water partition coefficient (Wildman–Crippen LogP) is 1.17. The van der Waals surface area contributed by atoms with Crippen LogP contribution < -0.4 is 5.32 Å². The van der Waals surface area contributed by atoms with Gasteiger partial charge in [-0.25, -0.2) is 0 Å². The minimum atomic E-state index is 0.661. The highest BCUT2D eigenvalue weighted by atomic mass is 16.5. The molecule has 1 unspecified atom stereocenters. The first-order valence-corrected chi connectivity index (χ1v) is 8.07. The van der Waals surface area contributed by atoms with E-state index in [9.17, 15) is 0 Å². The third-order valence-corrected chi connectivity index (χ3v) is 4.32. The third kappa shape index (κ3) is 5.38. The maximum atomic E-state index is 5.34. The lowest BCUT2D eigenvalue weighted by Crippen LogP contribution is -2.52. The Morgan fingerprint density at radius 1 is 1.21 bits per heavy atom. The fourth-order valence-corrected chi connectivity index (χ4v) is 2.87. The maximum absolute atomic E-state index is 5.34. The number of ether oxygens (including phenoxy) is 1. The summed E-state index contributed by atoms with van der Waals surface area (Å²) in [7, 11) is 0. The number of rotatable bonds is 9. The summed E-state index contributed by atoms with van der Waals surface area (Å²) < 4.78 is 5.34. The van der Waals surface area contributed by atoms with Crippen LogP contribution >= 0.6 is 0 Å². The first kappa shape index (κ1) is 15.2. The number of nitrogens with one attached hydrogen (secondary N) is 1. The fourth-order valence-electron chi connectivity index (χ4n) is 2.87. The normalized spacial score (nSPS) is 23.7. The monoisotopic (exact) mass is 269 g/mol. The standard InChI is InChI=1S/C15H31N3O/c1-3-19-12-4-7-16-13-14(2)17-8-10-18(11-9-17)15-5-6-15/h14-16H,3-13H2,1-2H3. The molecule has 0 aromatic rings. The Labute approximate surface area is 118 Å². The topological polar surface area (TPSA) is 27.7 Å². The molecule has 0 radical (unpaired) electrons. The zero-order valence-corrected chi connectivity index (χ0v) is 12.7. The van der Waals surface area contributed by atoms with Crippen molar-refractivity contribution in [2.75, 3.05) is 52.5 Å². The molecule has 0 bridgehead atoms. The average Bonchev–Trinajstić information content (AvgIpc) is 3.27. The first-order valence-electron chi connectivity index (χ1n) is 8.07. The molecule has 0 aromatic heterocycles. The SMILES string of the molecule is CCOCCCNCC(C)N1CCN(C2CC2)CC1. The Balaban J connectivity index is 1.50. The van der Waals surface area contributed by atoms with Crippen LogP contribution in [0.5, 0.6) is 0 Å². The van der Waals surface area contributed by atoms with Crippen molar-refractivity contribution in [3.8, 4) is 0 Å². The summed E-state index contributed by atoms with van der Waals surface area (Å²) in [5.41, 5.74) is 0. The Morgan fingerprint density at radius 2 is 1.95 bits per heavy atom. The Hall–Kier alpha value is -0.160. The van der Waals surface area contributed by atoms with Crippen molar-refractivity contribution >= 4 is 0 Å². The quantitative estimate of drug-likeness (QED) is 0.636. The molecule has 4 nitrogen and oxygen atoms in total. The summed E-state index contributed by atoms with van der Waals surface area (Å²) in [6.07, 6.45) is 4.00. The molecule has 1 N–H and O–H groups in total. The summed E-state index contributed by atoms with van der Waals surface area (Å²) in [5.74, 6) is 0. The fraction of sp³-hybridized carbons (Fsp3) is 1.00. The highest BCUT2D eigenvalue weighted by Gasteiger charge is 2.31. The number of hydrogen-bond donors (Lipinski definition) is 1. The van der Waals surface area contributed by atoms with Gasteiger partial charge in [0.1, 0.15) is 0 Å². The van der Waals surface area contributed by atoms with E-state index in [0.29, 0.717) is 6.04 Å². The van der Waals surface area contributed by atoms with Gasteiger partial charge in [0.25, 0.3) is 0 Å². The van der Waals surface area contributed by atoms with Gasteiger partial charge >= 0.3 is 0 Å². The molecule has 0 aromatic carbocycles. The van der Waals surface area contributed by atoms with E-state index in [1.807, 2.05) is 0 Å². The zero-order valence-electron chi connectivity index (χ0n) is 12.7. The van der Waals surface area contributed by atoms with Gasteiger partial charge in [-0.2, -0.15) is 0 Å². The van der Waals surface area contributed by atoms with Crippen molar-refractivity contribution in [1.82, 2.24) is 15.1 Å². The second kappa shape index (κ2) is 8.20. The van der Waals surface area contributed by atoms with E-state index in [0.717, 1.165) is 38.8 Å². The molecule has 0 spiro atoms. The Kier molecular flexibility index (Phi) is 6.57. The highest BCUT2D eigenvalue weighted by Crippen LogP contribution is 2.27. The summed E-state index contributed by atoms with van der Waals surface area (Å²) >= 11 is 0. The molecule has 19 heavy (non-hydrogen) atoms. The van der Waals surface area contributed by atoms with Gasteiger partial charge in [0.2, 0.25) is 0 Å². The minimum absolute atomic E-state index is 0.661. The van der Waals surface area contributed by atoms with Gasteiger partial charge in [-0.05, 0) is 39.7 Å². The molecule has 0 amide bonds. The van der Waals surface area contributed by atoms with Crippen LogP contribution in [0, 0.1) is 0 Å². The third-order valence-electron chi connectivity index (χ3n) is 4.32. The van der Waals surface area contributed by atoms with Crippen LogP contribution in [0.2, 0.25) is 0 Å². The van der Waals surface area contributed by atoms with Crippen LogP contribution in [0.4, 0.5) is 0 Å². The predicted molar refractivity (Wildman–Crippen MR) is 79.6 cm³/mol. The van der Waals surface area contributed by atoms with E-state index in [1.54, 1.807) is 0 Å². The maximum Gasteiger partial charge on any atom is 0.0477 e. The lowest BCUT2D eigenvalue weighted by Gasteiger charge is -2.38. The molecule has 112 valence electrons. The van der Waals surface area contributed by atoms with Crippen LogP contribution in [0.15, 0.2) is 0 Å². The van der Waals surface area contributed by atoms with E-state index >= 15 is 0 Å². The molecule has 1 aliphatic heterocycles. The Bertz CT molecular complexity index is 238. The van der Waals surface area contributed by atoms with Crippen molar-refractivity contribution in [3.05, 3.63) is 0 Å². The van der Waals surface area contributed by atoms with Crippen LogP contribution in [-0.2, 0) is 4.74 Å². The van der Waals surface area contributed by atoms with Gasteiger partial charge < -0.3 is 10.1 Å². The first-order chi connectivity index (χ1) is 9.31. The molecular formula is C15H31N3O. The molecule has 2 fully saturated rings. The van der Waals surface area contributed by atoms with Gasteiger partial charge in [0.15, 0.2) is 0 Å². The van der Waals surface area contributed by atoms with Gasteiger partial charge in [-0.1, -0.05) is 0 Å². The molecule has 1 aliphatic carbocycles. The largest absolute Gasteiger partial charge is 0.382 e. The summed E-state index contributed by atoms with van der Waals surface area (Å²) in [4.78, 5) is 5.31. The lowest BCUT2D eigenvalue weighted by atomic mass is 10.2. The van der Waals surface area contributed by atoms with Crippen molar-refractivity contribution in [1.29, 1.82) is 0 Å². The van der Waals surface area contributed by atoms with Crippen molar-refractivity contribution < 1.29 is 4.74 Å². The van der Waals surface area contributed by atoms with Crippen LogP contribution in [0.1, 0.15) is 33.1 Å². The van der Waals surface area contributed by atoms with Crippen LogP contribution in [-0.4, -0.2) is 74.4 Å². The smallest absolute Gasteiger partial charge is 0.0477 e. The van der Waals surface area contributed by atoms with Crippen molar-refractivity contribution in [3.63, 3.8) is 0 Å². The van der Waals surface area contributed by atoms with Gasteiger partial charge in [-0.3, -0.25) is 9.80 Å². The number of nitrogens with zero attached hydrogens (tertiary/aromatic N) is 2. The summed E-state index contributed by atoms with van der Waals surface area (Å²) in [5, 5.41) is 3.55. The van der Waals surface area contributed by atoms with Crippen LogP contribution in [0.25, 0.3) is 0 Å². The molecule has 2 rings (SSSR count). The van der Waals surface area contributed by atoms with E-state index in [2.05, 4.69) is 29.0 Å². The van der Waals surface area contributed by atoms with Gasteiger partial charge in [-0.15, -0.1) is 0 Å². The van der Waals surface area contributed by atoms with E-state index in [1.165, 1.54) is 39.0 Å². The van der Waals surface area contributed by atoms with E-state index in [4.69, 9.17) is 4.74 Å². The molecule has 1 saturated carbocycles. The summed E-state index contributed by atoms with van der Waals surface area (Å²) in [6, 6.07) is 1.60. The van der Waals surface area contributed by atoms with Crippen molar-refractivity contribution in [2.24, 2.45) is 0 Å². The number of piperazine rings is 1. The highest BCUT2D eigenvalue weighted by molar-refractivity contribution is 4.88. The lowest BCUT2D eigenvalue weighted by molar-refractivity contribution is 0.0962. The van der Waals surface area contributed by atoms with E-state index < -0.39 is 0 Å². The molecule has 1 saturated heterocycles. The van der Waals surface area contributed by atoms with Gasteiger partial charge in [0.05, 0.1) is 0 Å². The minimum Gasteiger partial charge on any atom is -0.382 e. The molecule has 1 heterocycles. The molecule has 2 aliphatic rings. The second-order valence-corrected chi connectivity index (χ2v) is 5.91. The van der Waals surface area contributed by atoms with Gasteiger partial charge in [0, 0.05) is 58.0 Å².